The van der Waals surface area contributed by atoms with E-state index >= 15 is 0 Å². The number of aromatic nitrogens is 3. The van der Waals surface area contributed by atoms with Crippen molar-refractivity contribution in [3.05, 3.63) is 41.2 Å². The molecule has 2 rings (SSSR count). The molecule has 94 valence electrons. The average molecular weight is 270 g/mol. The van der Waals surface area contributed by atoms with Crippen molar-refractivity contribution in [2.24, 2.45) is 0 Å². The normalized spacial score (nSPS) is 11.6. The number of halogens is 3. The Morgan fingerprint density at radius 3 is 2.22 bits per heavy atom. The lowest BCUT2D eigenvalue weighted by molar-refractivity contribution is 0.220. The predicted molar refractivity (Wildman–Crippen MR) is 64.4 cm³/mol. The van der Waals surface area contributed by atoms with Gasteiger partial charge in [-0.1, -0.05) is 11.6 Å². The zero-order valence-electron chi connectivity index (χ0n) is 9.78. The molecule has 0 atom stereocenters. The summed E-state index contributed by atoms with van der Waals surface area (Å²) in [5, 5.41) is 0.0535. The molecule has 0 aliphatic rings. The lowest BCUT2D eigenvalue weighted by atomic mass is 10.0. The Bertz CT molecular complexity index is 565. The zero-order chi connectivity index (χ0) is 13.3. The summed E-state index contributed by atoms with van der Waals surface area (Å²) in [6.45, 7) is 2.80. The van der Waals surface area contributed by atoms with Crippen LogP contribution in [0.1, 0.15) is 19.4 Å². The van der Waals surface area contributed by atoms with Crippen LogP contribution in [0.25, 0.3) is 11.4 Å². The maximum absolute atomic E-state index is 13.6. The van der Waals surface area contributed by atoms with Crippen LogP contribution >= 0.6 is 11.6 Å². The molecule has 18 heavy (non-hydrogen) atoms. The summed E-state index contributed by atoms with van der Waals surface area (Å²) in [5.41, 5.74) is -1.08. The van der Waals surface area contributed by atoms with Gasteiger partial charge < -0.3 is 0 Å². The van der Waals surface area contributed by atoms with Gasteiger partial charge in [-0.25, -0.2) is 23.7 Å². The molecule has 0 radical (unpaired) electrons. The van der Waals surface area contributed by atoms with E-state index in [-0.39, 0.29) is 16.5 Å². The third kappa shape index (κ3) is 2.61. The summed E-state index contributed by atoms with van der Waals surface area (Å²) in [6, 6.07) is 1.08. The molecule has 0 saturated carbocycles. The summed E-state index contributed by atoms with van der Waals surface area (Å²) in [4.78, 5) is 11.6. The Labute approximate surface area is 108 Å². The molecule has 0 saturated heterocycles. The van der Waals surface area contributed by atoms with E-state index in [1.807, 2.05) is 0 Å². The van der Waals surface area contributed by atoms with E-state index in [4.69, 9.17) is 11.6 Å². The van der Waals surface area contributed by atoms with Crippen molar-refractivity contribution in [2.45, 2.75) is 19.5 Å². The molecule has 0 amide bonds. The first kappa shape index (κ1) is 12.8. The van der Waals surface area contributed by atoms with Crippen molar-refractivity contribution >= 4 is 11.6 Å². The van der Waals surface area contributed by atoms with Crippen LogP contribution in [-0.4, -0.2) is 15.0 Å². The predicted octanol–water partition coefficient (Wildman–Crippen LogP) is 3.54. The van der Waals surface area contributed by atoms with E-state index in [9.17, 15) is 8.78 Å². The van der Waals surface area contributed by atoms with Crippen LogP contribution in [0.4, 0.5) is 8.78 Å². The number of hydrogen-bond donors (Lipinski definition) is 0. The van der Waals surface area contributed by atoms with Gasteiger partial charge in [-0.3, -0.25) is 0 Å². The van der Waals surface area contributed by atoms with Gasteiger partial charge in [-0.05, 0) is 13.8 Å². The second kappa shape index (κ2) is 4.57. The van der Waals surface area contributed by atoms with Gasteiger partial charge in [0.2, 0.25) is 0 Å². The molecule has 2 aromatic heterocycles. The van der Waals surface area contributed by atoms with Crippen molar-refractivity contribution in [2.75, 3.05) is 0 Å². The maximum atomic E-state index is 13.6. The highest BCUT2D eigenvalue weighted by atomic mass is 35.5. The van der Waals surface area contributed by atoms with Crippen molar-refractivity contribution < 1.29 is 8.78 Å². The van der Waals surface area contributed by atoms with Gasteiger partial charge >= 0.3 is 0 Å². The van der Waals surface area contributed by atoms with E-state index in [1.54, 1.807) is 0 Å². The number of hydrogen-bond acceptors (Lipinski definition) is 3. The highest BCUT2D eigenvalue weighted by molar-refractivity contribution is 6.29. The van der Waals surface area contributed by atoms with Crippen molar-refractivity contribution in [1.82, 2.24) is 15.0 Å². The molecule has 2 heterocycles. The SMILES string of the molecule is CC(C)(F)c1cnc(-c2cnc(Cl)cc2F)nc1. The molecule has 6 heteroatoms. The van der Waals surface area contributed by atoms with Crippen LogP contribution in [-0.2, 0) is 5.67 Å². The van der Waals surface area contributed by atoms with Crippen LogP contribution in [0, 0.1) is 5.82 Å². The minimum atomic E-state index is -1.53. The topological polar surface area (TPSA) is 38.7 Å². The fraction of sp³-hybridized carbons (Fsp3) is 0.250. The van der Waals surface area contributed by atoms with Gasteiger partial charge in [0.05, 0.1) is 5.56 Å². The molecule has 2 aromatic rings. The molecule has 0 bridgehead atoms. The first-order valence-electron chi connectivity index (χ1n) is 5.21. The summed E-state index contributed by atoms with van der Waals surface area (Å²) in [7, 11) is 0. The molecular weight excluding hydrogens is 260 g/mol. The van der Waals surface area contributed by atoms with Gasteiger partial charge in [0.15, 0.2) is 5.82 Å². The van der Waals surface area contributed by atoms with E-state index in [2.05, 4.69) is 15.0 Å². The van der Waals surface area contributed by atoms with Crippen molar-refractivity contribution in [1.29, 1.82) is 0 Å². The van der Waals surface area contributed by atoms with Gasteiger partial charge in [-0.15, -0.1) is 0 Å². The fourth-order valence-corrected chi connectivity index (χ4v) is 1.49. The highest BCUT2D eigenvalue weighted by Crippen LogP contribution is 2.25. The van der Waals surface area contributed by atoms with Gasteiger partial charge in [-0.2, -0.15) is 0 Å². The summed E-state index contributed by atoms with van der Waals surface area (Å²) < 4.78 is 27.2. The van der Waals surface area contributed by atoms with Crippen molar-refractivity contribution in [3.8, 4) is 11.4 Å². The minimum absolute atomic E-state index is 0.0535. The highest BCUT2D eigenvalue weighted by Gasteiger charge is 2.20. The van der Waals surface area contributed by atoms with Crippen molar-refractivity contribution in [3.63, 3.8) is 0 Å². The van der Waals surface area contributed by atoms with Crippen LogP contribution in [0.5, 0.6) is 0 Å². The Morgan fingerprint density at radius 2 is 1.72 bits per heavy atom. The molecular formula is C12H10ClF2N3. The van der Waals surface area contributed by atoms with Crippen LogP contribution < -0.4 is 0 Å². The Kier molecular flexibility index (Phi) is 3.26. The summed E-state index contributed by atoms with van der Waals surface area (Å²) in [6.07, 6.45) is 3.90. The monoisotopic (exact) mass is 269 g/mol. The van der Waals surface area contributed by atoms with Gasteiger partial charge in [0.25, 0.3) is 0 Å². The molecule has 0 aliphatic carbocycles. The third-order valence-electron chi connectivity index (χ3n) is 2.40. The summed E-state index contributed by atoms with van der Waals surface area (Å²) in [5.74, 6) is -0.424. The van der Waals surface area contributed by atoms with Crippen LogP contribution in [0.15, 0.2) is 24.7 Å². The second-order valence-corrected chi connectivity index (χ2v) is 4.64. The third-order valence-corrected chi connectivity index (χ3v) is 2.61. The molecule has 0 fully saturated rings. The van der Waals surface area contributed by atoms with Crippen LogP contribution in [0.3, 0.4) is 0 Å². The minimum Gasteiger partial charge on any atom is -0.244 e. The first-order valence-corrected chi connectivity index (χ1v) is 5.58. The molecule has 0 spiro atoms. The molecule has 0 aliphatic heterocycles. The van der Waals surface area contributed by atoms with E-state index < -0.39 is 11.5 Å². The number of alkyl halides is 1. The maximum Gasteiger partial charge on any atom is 0.163 e. The fourth-order valence-electron chi connectivity index (χ4n) is 1.35. The quantitative estimate of drug-likeness (QED) is 0.783. The second-order valence-electron chi connectivity index (χ2n) is 4.25. The molecule has 0 unspecified atom stereocenters. The van der Waals surface area contributed by atoms with Crippen LogP contribution in [0.2, 0.25) is 5.15 Å². The number of nitrogens with zero attached hydrogens (tertiary/aromatic N) is 3. The summed E-state index contributed by atoms with van der Waals surface area (Å²) >= 11 is 5.55. The number of rotatable bonds is 2. The smallest absolute Gasteiger partial charge is 0.163 e. The van der Waals surface area contributed by atoms with E-state index in [0.29, 0.717) is 5.56 Å². The lowest BCUT2D eigenvalue weighted by Crippen LogP contribution is -2.10. The standard InChI is InChI=1S/C12H10ClF2N3/c1-12(2,15)7-4-17-11(18-5-7)8-6-16-10(13)3-9(8)14/h3-6H,1-2H3. The molecule has 3 nitrogen and oxygen atoms in total. The zero-order valence-corrected chi connectivity index (χ0v) is 10.5. The number of pyridine rings is 1. The molecule has 0 N–H and O–H groups in total. The van der Waals surface area contributed by atoms with Gasteiger partial charge in [0.1, 0.15) is 16.6 Å². The van der Waals surface area contributed by atoms with E-state index in [0.717, 1.165) is 6.07 Å². The lowest BCUT2D eigenvalue weighted by Gasteiger charge is -2.13. The Balaban J connectivity index is 2.41. The molecule has 0 aromatic carbocycles. The average Bonchev–Trinajstić information content (AvgIpc) is 2.28. The Morgan fingerprint density at radius 1 is 1.11 bits per heavy atom. The van der Waals surface area contributed by atoms with Gasteiger partial charge in [0, 0.05) is 30.2 Å². The van der Waals surface area contributed by atoms with E-state index in [1.165, 1.54) is 32.4 Å². The largest absolute Gasteiger partial charge is 0.244 e. The first-order chi connectivity index (χ1) is 8.38. The Hall–Kier alpha value is -1.62.